The summed E-state index contributed by atoms with van der Waals surface area (Å²) in [5, 5.41) is 0. The largest absolute Gasteiger partial charge is 0.664 e. The van der Waals surface area contributed by atoms with E-state index in [1.165, 1.54) is 103 Å². The molecule has 8 nitrogen and oxygen atoms in total. The van der Waals surface area contributed by atoms with Gasteiger partial charge in [-0.2, -0.15) is 4.57 Å². The van der Waals surface area contributed by atoms with Gasteiger partial charge in [0.1, 0.15) is 23.7 Å². The quantitative estimate of drug-likeness (QED) is 0.0389. The van der Waals surface area contributed by atoms with Crippen molar-refractivity contribution in [1.82, 2.24) is 0 Å². The maximum atomic E-state index is 14.8. The van der Waals surface area contributed by atoms with E-state index in [2.05, 4.69) is 196 Å². The molecule has 0 fully saturated rings. The zero-order chi connectivity index (χ0) is 63.2. The number of benzene rings is 2. The second kappa shape index (κ2) is 44.2. The lowest BCUT2D eigenvalue weighted by molar-refractivity contribution is 0.150. The monoisotopic (exact) mass is 1190 g/mol. The van der Waals surface area contributed by atoms with Crippen molar-refractivity contribution in [3.05, 3.63) is 57.6 Å². The summed E-state index contributed by atoms with van der Waals surface area (Å²) in [6.07, 6.45) is 31.0. The van der Waals surface area contributed by atoms with Crippen LogP contribution in [-0.2, 0) is 38.1 Å². The summed E-state index contributed by atoms with van der Waals surface area (Å²) in [5.74, 6) is 56.6. The van der Waals surface area contributed by atoms with Crippen molar-refractivity contribution in [2.24, 2.45) is 0 Å². The van der Waals surface area contributed by atoms with Crippen LogP contribution in [-0.4, -0.2) is 13.2 Å². The van der Waals surface area contributed by atoms with E-state index >= 15 is 0 Å². The molecular formula is C76H92O8P2. The van der Waals surface area contributed by atoms with Crippen molar-refractivity contribution in [2.75, 3.05) is 13.2 Å². The van der Waals surface area contributed by atoms with Crippen LogP contribution in [0.1, 0.15) is 257 Å². The predicted molar refractivity (Wildman–Crippen MR) is 355 cm³/mol. The SMILES string of the molecule is CC#CC#CC#CC#CC#CC#COP(=O)(OC#CC#CC#CC#CC#CC#CC)Oc1cc(C)c(C(C)c2cc(C(C)(C)C)c(OP(=O)(OCCCCCCCCCCCCC)OCCCCCCCCCCCCC)cc2C)cc1C(C)(C)C. The highest BCUT2D eigenvalue weighted by molar-refractivity contribution is 7.49. The molecule has 0 aliphatic rings. The fourth-order valence-electron chi connectivity index (χ4n) is 8.93. The summed E-state index contributed by atoms with van der Waals surface area (Å²) < 4.78 is 65.4. The van der Waals surface area contributed by atoms with Crippen LogP contribution in [0.2, 0.25) is 0 Å². The molecule has 0 heterocycles. The molecule has 0 spiro atoms. The summed E-state index contributed by atoms with van der Waals surface area (Å²) in [4.78, 5) is 0. The Balaban J connectivity index is 2.54. The Hall–Kier alpha value is -7.26. The molecule has 0 saturated carbocycles. The van der Waals surface area contributed by atoms with Crippen LogP contribution in [0.5, 0.6) is 11.5 Å². The minimum atomic E-state index is -4.62. The summed E-state index contributed by atoms with van der Waals surface area (Å²) in [5.41, 5.74) is 4.43. The maximum Gasteiger partial charge on any atom is 0.664 e. The Labute approximate surface area is 522 Å². The normalized spacial score (nSPS) is 10.5. The highest BCUT2D eigenvalue weighted by atomic mass is 31.2. The van der Waals surface area contributed by atoms with Crippen molar-refractivity contribution in [2.45, 2.75) is 248 Å². The molecule has 2 aromatic rings. The van der Waals surface area contributed by atoms with Gasteiger partial charge in [0, 0.05) is 76.2 Å². The van der Waals surface area contributed by atoms with E-state index in [0.29, 0.717) is 11.3 Å². The lowest BCUT2D eigenvalue weighted by Gasteiger charge is -2.29. The van der Waals surface area contributed by atoms with Gasteiger partial charge in [0.05, 0.1) is 13.2 Å². The number of phosphoric acid groups is 2. The topological polar surface area (TPSA) is 89.5 Å². The van der Waals surface area contributed by atoms with Crippen molar-refractivity contribution >= 4 is 15.6 Å². The molecule has 0 aliphatic carbocycles. The molecule has 2 aromatic carbocycles. The first-order valence-corrected chi connectivity index (χ1v) is 33.7. The van der Waals surface area contributed by atoms with Crippen LogP contribution >= 0.6 is 15.6 Å². The lowest BCUT2D eigenvalue weighted by Crippen LogP contribution is -2.17. The molecule has 10 heteroatoms. The Bertz CT molecular complexity index is 3240. The maximum absolute atomic E-state index is 14.8. The van der Waals surface area contributed by atoms with E-state index in [1.54, 1.807) is 13.8 Å². The number of rotatable bonds is 34. The second-order valence-electron chi connectivity index (χ2n) is 22.8. The molecule has 0 saturated heterocycles. The van der Waals surface area contributed by atoms with Crippen LogP contribution in [0.4, 0.5) is 0 Å². The van der Waals surface area contributed by atoms with Gasteiger partial charge in [0.2, 0.25) is 0 Å². The van der Waals surface area contributed by atoms with Gasteiger partial charge >= 0.3 is 15.6 Å². The average Bonchev–Trinajstić information content (AvgIpc) is 1.57. The number of hydrogen-bond acceptors (Lipinski definition) is 8. The van der Waals surface area contributed by atoms with E-state index < -0.39 is 26.5 Å². The standard InChI is InChI=1S/C76H92O8P2/c1-14-18-22-26-30-34-38-42-46-50-54-58-79-85(77,80-59-55-51-47-43-39-35-31-27-23-19-15-2)83-73-62-66(5)69(64-71(73)75(8,9)10)68(7)70-65-72(76(11,12)13)74(63-67(70)6)84-86(78,81-60-56-52-48-44-40-36-32-28-24-20-16-3)82-61-57-53-49-45-41-37-33-29-25-21-17-4/h62-65,68H,14-15,18-19,22-23,26-27,30-31,34-35,38-39,42-43,46-47,50-51,54-55,58-59H2,1-13H3. The van der Waals surface area contributed by atoms with Crippen LogP contribution in [0.25, 0.3) is 0 Å². The minimum absolute atomic E-state index is 0.162. The Kier molecular flexibility index (Phi) is 38.5. The molecule has 0 N–H and O–H groups in total. The van der Waals surface area contributed by atoms with Crippen molar-refractivity contribution in [3.8, 4) is 154 Å². The van der Waals surface area contributed by atoms with E-state index in [1.807, 2.05) is 46.8 Å². The van der Waals surface area contributed by atoms with Crippen molar-refractivity contribution < 1.29 is 36.3 Å². The van der Waals surface area contributed by atoms with Gasteiger partial charge in [0.15, 0.2) is 0 Å². The molecule has 86 heavy (non-hydrogen) atoms. The van der Waals surface area contributed by atoms with E-state index in [4.69, 9.17) is 27.1 Å². The fourth-order valence-corrected chi connectivity index (χ4v) is 11.0. The molecule has 0 aliphatic heterocycles. The van der Waals surface area contributed by atoms with Gasteiger partial charge in [-0.25, -0.2) is 4.57 Å². The Morgan fingerprint density at radius 1 is 0.384 bits per heavy atom. The van der Waals surface area contributed by atoms with Gasteiger partial charge in [-0.05, 0) is 145 Å². The van der Waals surface area contributed by atoms with Crippen LogP contribution in [0.3, 0.4) is 0 Å². The third kappa shape index (κ3) is 33.4. The zero-order valence-corrected chi connectivity index (χ0v) is 55.8. The smallest absolute Gasteiger partial charge is 0.404 e. The first kappa shape index (κ1) is 74.8. The fraction of sp³-hybridized carbons (Fsp3) is 0.526. The van der Waals surface area contributed by atoms with Crippen LogP contribution in [0.15, 0.2) is 24.3 Å². The van der Waals surface area contributed by atoms with Crippen molar-refractivity contribution in [1.29, 1.82) is 0 Å². The first-order valence-electron chi connectivity index (χ1n) is 30.7. The number of unbranched alkanes of at least 4 members (excludes halogenated alkanes) is 20. The van der Waals surface area contributed by atoms with Crippen molar-refractivity contribution in [3.63, 3.8) is 0 Å². The molecule has 0 amide bonds. The average molecular weight is 1200 g/mol. The van der Waals surface area contributed by atoms with Gasteiger partial charge < -0.3 is 18.1 Å². The predicted octanol–water partition coefficient (Wildman–Crippen LogP) is 18.7. The molecule has 2 rings (SSSR count). The van der Waals surface area contributed by atoms with Gasteiger partial charge in [0.25, 0.3) is 0 Å². The van der Waals surface area contributed by atoms with Crippen LogP contribution < -0.4 is 9.05 Å². The summed E-state index contributed by atoms with van der Waals surface area (Å²) in [7, 11) is -8.65. The van der Waals surface area contributed by atoms with Gasteiger partial charge in [-0.1, -0.05) is 215 Å². The highest BCUT2D eigenvalue weighted by Crippen LogP contribution is 2.54. The Morgan fingerprint density at radius 2 is 0.651 bits per heavy atom. The summed E-state index contributed by atoms with van der Waals surface area (Å²) in [6.45, 7) is 27.0. The summed E-state index contributed by atoms with van der Waals surface area (Å²) in [6, 6.07) is 8.00. The minimum Gasteiger partial charge on any atom is -0.404 e. The molecule has 0 radical (unpaired) electrons. The zero-order valence-electron chi connectivity index (χ0n) is 54.0. The number of phosphoric ester groups is 2. The third-order valence-electron chi connectivity index (χ3n) is 13.5. The number of hydrogen-bond donors (Lipinski definition) is 0. The molecular weight excluding hydrogens is 1100 g/mol. The molecule has 1 unspecified atom stereocenters. The van der Waals surface area contributed by atoms with E-state index in [9.17, 15) is 9.13 Å². The molecule has 454 valence electrons. The van der Waals surface area contributed by atoms with Gasteiger partial charge in [-0.15, -0.1) is 0 Å². The molecule has 0 bridgehead atoms. The summed E-state index contributed by atoms with van der Waals surface area (Å²) >= 11 is 0. The van der Waals surface area contributed by atoms with Gasteiger partial charge in [-0.3, -0.25) is 9.05 Å². The van der Waals surface area contributed by atoms with Crippen LogP contribution in [0, 0.1) is 156 Å². The first-order chi connectivity index (χ1) is 41.3. The Morgan fingerprint density at radius 3 is 0.942 bits per heavy atom. The van der Waals surface area contributed by atoms with E-state index in [-0.39, 0.29) is 24.9 Å². The highest BCUT2D eigenvalue weighted by Gasteiger charge is 2.36. The third-order valence-corrected chi connectivity index (χ3v) is 16.0. The molecule has 0 aromatic heterocycles. The second-order valence-corrected chi connectivity index (χ2v) is 25.9. The number of aryl methyl sites for hydroxylation is 2. The van der Waals surface area contributed by atoms with E-state index in [0.717, 1.165) is 66.3 Å². The lowest BCUT2D eigenvalue weighted by atomic mass is 9.78. The molecule has 1 atom stereocenters.